The number of ether oxygens (including phenoxy) is 1. The van der Waals surface area contributed by atoms with Gasteiger partial charge in [-0.2, -0.15) is 0 Å². The van der Waals surface area contributed by atoms with Crippen molar-refractivity contribution in [2.45, 2.75) is 37.8 Å². The predicted octanol–water partition coefficient (Wildman–Crippen LogP) is 0.0828. The molecule has 1 saturated carbocycles. The Labute approximate surface area is 98.0 Å². The second-order valence-electron chi connectivity index (χ2n) is 4.20. The molecule has 0 amide bonds. The topological polar surface area (TPSA) is 67.4 Å². The van der Waals surface area contributed by atoms with E-state index in [0.717, 1.165) is 25.7 Å². The van der Waals surface area contributed by atoms with Gasteiger partial charge in [-0.1, -0.05) is 0 Å². The number of hydrogen-bond acceptors (Lipinski definition) is 4. The van der Waals surface area contributed by atoms with Gasteiger partial charge in [-0.25, -0.2) is 13.1 Å². The molecular formula is C10H22N2O3S. The van der Waals surface area contributed by atoms with Crippen LogP contribution in [0.1, 0.15) is 25.7 Å². The van der Waals surface area contributed by atoms with E-state index in [0.29, 0.717) is 18.7 Å². The van der Waals surface area contributed by atoms with E-state index in [4.69, 9.17) is 4.74 Å². The average molecular weight is 250 g/mol. The highest BCUT2D eigenvalue weighted by Crippen LogP contribution is 2.20. The van der Waals surface area contributed by atoms with Crippen LogP contribution in [0.25, 0.3) is 0 Å². The van der Waals surface area contributed by atoms with Gasteiger partial charge >= 0.3 is 0 Å². The van der Waals surface area contributed by atoms with Crippen molar-refractivity contribution in [1.29, 1.82) is 0 Å². The summed E-state index contributed by atoms with van der Waals surface area (Å²) < 4.78 is 30.0. The molecule has 2 atom stereocenters. The lowest BCUT2D eigenvalue weighted by Gasteiger charge is -2.28. The number of methoxy groups -OCH3 is 1. The highest BCUT2D eigenvalue weighted by molar-refractivity contribution is 7.89. The summed E-state index contributed by atoms with van der Waals surface area (Å²) in [5.74, 6) is 0.137. The van der Waals surface area contributed by atoms with E-state index in [2.05, 4.69) is 10.0 Å². The minimum absolute atomic E-state index is 0.137. The van der Waals surface area contributed by atoms with Gasteiger partial charge in [0, 0.05) is 19.7 Å². The molecule has 0 aromatic rings. The van der Waals surface area contributed by atoms with Crippen LogP contribution in [0, 0.1) is 0 Å². The van der Waals surface area contributed by atoms with Crippen molar-refractivity contribution in [3.05, 3.63) is 0 Å². The second kappa shape index (κ2) is 6.54. The lowest BCUT2D eigenvalue weighted by molar-refractivity contribution is 0.0592. The Balaban J connectivity index is 2.22. The maximum Gasteiger partial charge on any atom is 0.212 e. The fourth-order valence-corrected chi connectivity index (χ4v) is 2.63. The maximum atomic E-state index is 11.2. The third-order valence-corrected chi connectivity index (χ3v) is 4.44. The summed E-state index contributed by atoms with van der Waals surface area (Å²) in [7, 11) is 0.0929. The van der Waals surface area contributed by atoms with Crippen molar-refractivity contribution in [2.24, 2.45) is 0 Å². The molecule has 1 aliphatic rings. The van der Waals surface area contributed by atoms with Gasteiger partial charge in [-0.05, 0) is 32.7 Å². The van der Waals surface area contributed by atoms with E-state index in [9.17, 15) is 8.42 Å². The smallest absolute Gasteiger partial charge is 0.212 e. The van der Waals surface area contributed by atoms with Gasteiger partial charge in [-0.3, -0.25) is 0 Å². The summed E-state index contributed by atoms with van der Waals surface area (Å²) in [6.45, 7) is 0.504. The van der Waals surface area contributed by atoms with E-state index >= 15 is 0 Å². The Kier molecular flexibility index (Phi) is 5.68. The monoisotopic (exact) mass is 250 g/mol. The zero-order valence-electron chi connectivity index (χ0n) is 10.0. The normalized spacial score (nSPS) is 26.9. The molecular weight excluding hydrogens is 228 g/mol. The Morgan fingerprint density at radius 1 is 1.38 bits per heavy atom. The Morgan fingerprint density at radius 2 is 2.12 bits per heavy atom. The Bertz CT molecular complexity index is 292. The largest absolute Gasteiger partial charge is 0.381 e. The zero-order valence-corrected chi connectivity index (χ0v) is 10.8. The van der Waals surface area contributed by atoms with Crippen LogP contribution in [0.2, 0.25) is 0 Å². The predicted molar refractivity (Wildman–Crippen MR) is 63.9 cm³/mol. The maximum absolute atomic E-state index is 11.2. The first-order chi connectivity index (χ1) is 7.57. The number of nitrogens with one attached hydrogen (secondary N) is 2. The van der Waals surface area contributed by atoms with Crippen LogP contribution in [0.5, 0.6) is 0 Å². The van der Waals surface area contributed by atoms with Crippen molar-refractivity contribution in [3.8, 4) is 0 Å². The minimum Gasteiger partial charge on any atom is -0.381 e. The summed E-state index contributed by atoms with van der Waals surface area (Å²) in [5.41, 5.74) is 0. The number of sulfonamides is 1. The molecule has 1 aliphatic carbocycles. The quantitative estimate of drug-likeness (QED) is 0.701. The van der Waals surface area contributed by atoms with Crippen LogP contribution in [-0.4, -0.2) is 47.0 Å². The van der Waals surface area contributed by atoms with Crippen LogP contribution >= 0.6 is 0 Å². The van der Waals surface area contributed by atoms with Crippen molar-refractivity contribution in [1.82, 2.24) is 10.0 Å². The molecule has 96 valence electrons. The van der Waals surface area contributed by atoms with Crippen LogP contribution in [0.3, 0.4) is 0 Å². The van der Waals surface area contributed by atoms with E-state index < -0.39 is 10.0 Å². The highest BCUT2D eigenvalue weighted by atomic mass is 32.2. The lowest BCUT2D eigenvalue weighted by atomic mass is 9.93. The molecule has 1 rings (SSSR count). The fourth-order valence-electron chi connectivity index (χ4n) is 2.04. The van der Waals surface area contributed by atoms with E-state index in [1.54, 1.807) is 7.11 Å². The number of hydrogen-bond donors (Lipinski definition) is 2. The molecule has 0 aromatic carbocycles. The molecule has 2 N–H and O–H groups in total. The van der Waals surface area contributed by atoms with Crippen molar-refractivity contribution >= 4 is 10.0 Å². The Morgan fingerprint density at radius 3 is 2.75 bits per heavy atom. The summed E-state index contributed by atoms with van der Waals surface area (Å²) >= 11 is 0. The Hall–Kier alpha value is -0.170. The molecule has 0 aliphatic heterocycles. The molecule has 2 unspecified atom stereocenters. The summed E-state index contributed by atoms with van der Waals surface area (Å²) in [4.78, 5) is 0. The molecule has 0 saturated heterocycles. The molecule has 16 heavy (non-hydrogen) atoms. The lowest BCUT2D eigenvalue weighted by Crippen LogP contribution is -2.40. The van der Waals surface area contributed by atoms with Gasteiger partial charge in [0.05, 0.1) is 11.9 Å². The highest BCUT2D eigenvalue weighted by Gasteiger charge is 2.21. The van der Waals surface area contributed by atoms with Gasteiger partial charge in [0.1, 0.15) is 0 Å². The van der Waals surface area contributed by atoms with Crippen LogP contribution in [0.4, 0.5) is 0 Å². The summed E-state index contributed by atoms with van der Waals surface area (Å²) in [5, 5.41) is 3.28. The number of rotatable bonds is 6. The SMILES string of the molecule is CNS(=O)(=O)CCNC1CCCC(OC)C1. The first-order valence-electron chi connectivity index (χ1n) is 5.75. The van der Waals surface area contributed by atoms with Gasteiger partial charge in [0.15, 0.2) is 0 Å². The van der Waals surface area contributed by atoms with E-state index in [1.165, 1.54) is 7.05 Å². The van der Waals surface area contributed by atoms with Crippen LogP contribution < -0.4 is 10.0 Å². The van der Waals surface area contributed by atoms with E-state index in [-0.39, 0.29) is 5.75 Å². The minimum atomic E-state index is -3.08. The van der Waals surface area contributed by atoms with Crippen molar-refractivity contribution < 1.29 is 13.2 Å². The third kappa shape index (κ3) is 4.78. The van der Waals surface area contributed by atoms with Gasteiger partial charge < -0.3 is 10.1 Å². The summed E-state index contributed by atoms with van der Waals surface area (Å²) in [6, 6.07) is 0.394. The molecule has 0 spiro atoms. The summed E-state index contributed by atoms with van der Waals surface area (Å²) in [6.07, 6.45) is 4.68. The van der Waals surface area contributed by atoms with Crippen LogP contribution in [0.15, 0.2) is 0 Å². The average Bonchev–Trinajstić information content (AvgIpc) is 2.29. The fraction of sp³-hybridized carbons (Fsp3) is 1.00. The van der Waals surface area contributed by atoms with Crippen molar-refractivity contribution in [2.75, 3.05) is 26.5 Å². The van der Waals surface area contributed by atoms with E-state index in [1.807, 2.05) is 0 Å². The first kappa shape index (κ1) is 13.9. The first-order valence-corrected chi connectivity index (χ1v) is 7.40. The molecule has 1 fully saturated rings. The second-order valence-corrected chi connectivity index (χ2v) is 6.24. The molecule has 0 heterocycles. The van der Waals surface area contributed by atoms with Gasteiger partial charge in [0.2, 0.25) is 10.0 Å². The molecule has 0 bridgehead atoms. The zero-order chi connectivity index (χ0) is 12.0. The molecule has 6 heteroatoms. The van der Waals surface area contributed by atoms with Crippen molar-refractivity contribution in [3.63, 3.8) is 0 Å². The van der Waals surface area contributed by atoms with Gasteiger partial charge in [0.25, 0.3) is 0 Å². The standard InChI is InChI=1S/C10H22N2O3S/c1-11-16(13,14)7-6-12-9-4-3-5-10(8-9)15-2/h9-12H,3-8H2,1-2H3. The molecule has 5 nitrogen and oxygen atoms in total. The van der Waals surface area contributed by atoms with Crippen LogP contribution in [-0.2, 0) is 14.8 Å². The molecule has 0 aromatic heterocycles. The third-order valence-electron chi connectivity index (χ3n) is 3.07. The molecule has 0 radical (unpaired) electrons. The van der Waals surface area contributed by atoms with Gasteiger partial charge in [-0.15, -0.1) is 0 Å².